The molecule has 0 radical (unpaired) electrons. The van der Waals surface area contributed by atoms with Crippen LogP contribution in [-0.4, -0.2) is 54.2 Å². The third-order valence-corrected chi connectivity index (χ3v) is 6.01. The van der Waals surface area contributed by atoms with Crippen LogP contribution in [0.3, 0.4) is 0 Å². The number of benzene rings is 1. The van der Waals surface area contributed by atoms with E-state index < -0.39 is 11.2 Å². The lowest BCUT2D eigenvalue weighted by molar-refractivity contribution is -0.120. The molecule has 1 atom stereocenters. The molecule has 0 spiro atoms. The van der Waals surface area contributed by atoms with Crippen molar-refractivity contribution in [3.05, 3.63) is 56.2 Å². The number of nitrogen functional groups attached to an aromatic ring is 1. The van der Waals surface area contributed by atoms with Gasteiger partial charge in [0.15, 0.2) is 5.69 Å². The molecule has 0 unspecified atom stereocenters. The molecule has 174 valence electrons. The molecule has 1 aliphatic carbocycles. The average molecular weight is 444 g/mol. The topological polar surface area (TPSA) is 114 Å². The Bertz CT molecular complexity index is 1060. The van der Waals surface area contributed by atoms with E-state index in [-0.39, 0.29) is 43.2 Å². The zero-order valence-electron chi connectivity index (χ0n) is 19.1. The molecule has 9 nitrogen and oxygen atoms in total. The van der Waals surface area contributed by atoms with Crippen LogP contribution in [0.1, 0.15) is 43.4 Å². The van der Waals surface area contributed by atoms with Gasteiger partial charge in [-0.05, 0) is 43.9 Å². The molecule has 2 aromatic rings. The van der Waals surface area contributed by atoms with Crippen LogP contribution in [0.2, 0.25) is 0 Å². The van der Waals surface area contributed by atoms with Gasteiger partial charge in [-0.1, -0.05) is 31.2 Å². The fourth-order valence-electron chi connectivity index (χ4n) is 4.42. The quantitative estimate of drug-likeness (QED) is 0.607. The van der Waals surface area contributed by atoms with Gasteiger partial charge in [0.05, 0.1) is 13.2 Å². The van der Waals surface area contributed by atoms with Crippen LogP contribution in [0.25, 0.3) is 0 Å². The van der Waals surface area contributed by atoms with Crippen LogP contribution in [0.15, 0.2) is 33.9 Å². The van der Waals surface area contributed by atoms with Crippen LogP contribution >= 0.6 is 0 Å². The minimum atomic E-state index is -0.671. The fraction of sp³-hybridized carbons (Fsp3) is 0.522. The summed E-state index contributed by atoms with van der Waals surface area (Å²) in [5, 5.41) is 0. The van der Waals surface area contributed by atoms with Crippen molar-refractivity contribution in [1.82, 2.24) is 14.5 Å². The Morgan fingerprint density at radius 3 is 2.78 bits per heavy atom. The number of carbonyl (C=O) groups excluding carboxylic acids is 1. The maximum absolute atomic E-state index is 13.4. The zero-order chi connectivity index (χ0) is 23.3. The predicted molar refractivity (Wildman–Crippen MR) is 125 cm³/mol. The summed E-state index contributed by atoms with van der Waals surface area (Å²) in [4.78, 5) is 43.9. The maximum Gasteiger partial charge on any atom is 0.330 e. The molecule has 3 rings (SSSR count). The van der Waals surface area contributed by atoms with Crippen molar-refractivity contribution in [2.75, 3.05) is 44.5 Å². The molecule has 1 amide bonds. The molecule has 0 aliphatic heterocycles. The normalized spacial score (nSPS) is 15.6. The summed E-state index contributed by atoms with van der Waals surface area (Å²) in [7, 11) is 3.45. The zero-order valence-corrected chi connectivity index (χ0v) is 19.1. The molecule has 0 bridgehead atoms. The number of anilines is 2. The monoisotopic (exact) mass is 443 g/mol. The van der Waals surface area contributed by atoms with Gasteiger partial charge >= 0.3 is 5.69 Å². The highest BCUT2D eigenvalue weighted by Gasteiger charge is 2.29. The van der Waals surface area contributed by atoms with Crippen molar-refractivity contribution in [3.8, 4) is 0 Å². The first-order valence-electron chi connectivity index (χ1n) is 11.1. The first-order chi connectivity index (χ1) is 15.4. The van der Waals surface area contributed by atoms with Crippen molar-refractivity contribution in [1.29, 1.82) is 0 Å². The predicted octanol–water partition coefficient (Wildman–Crippen LogP) is 1.52. The van der Waals surface area contributed by atoms with E-state index in [9.17, 15) is 14.4 Å². The number of ether oxygens (including phenoxy) is 1. The van der Waals surface area contributed by atoms with Gasteiger partial charge in [0.1, 0.15) is 5.82 Å². The van der Waals surface area contributed by atoms with Crippen LogP contribution in [-0.2, 0) is 22.5 Å². The van der Waals surface area contributed by atoms with E-state index in [1.165, 1.54) is 27.7 Å². The smallest absolute Gasteiger partial charge is 0.330 e. The molecular weight excluding hydrogens is 410 g/mol. The number of aryl methyl sites for hydroxylation is 1. The number of nitrogens with zero attached hydrogens (tertiary/aromatic N) is 3. The number of hydrogen-bond acceptors (Lipinski definition) is 6. The lowest BCUT2D eigenvalue weighted by Gasteiger charge is -2.34. The van der Waals surface area contributed by atoms with E-state index >= 15 is 0 Å². The number of methoxy groups -OCH3 is 1. The van der Waals surface area contributed by atoms with Crippen molar-refractivity contribution in [2.45, 2.75) is 45.2 Å². The van der Waals surface area contributed by atoms with E-state index in [4.69, 9.17) is 10.5 Å². The van der Waals surface area contributed by atoms with Crippen LogP contribution in [0.5, 0.6) is 0 Å². The first-order valence-corrected chi connectivity index (χ1v) is 11.1. The second-order valence-corrected chi connectivity index (χ2v) is 8.20. The van der Waals surface area contributed by atoms with E-state index in [0.717, 1.165) is 19.3 Å². The van der Waals surface area contributed by atoms with Crippen LogP contribution in [0.4, 0.5) is 11.5 Å². The summed E-state index contributed by atoms with van der Waals surface area (Å²) in [6.45, 7) is 2.74. The lowest BCUT2D eigenvalue weighted by Crippen LogP contribution is -2.46. The summed E-state index contributed by atoms with van der Waals surface area (Å²) in [6.07, 6.45) is 3.72. The van der Waals surface area contributed by atoms with Gasteiger partial charge in [-0.3, -0.25) is 24.0 Å². The molecule has 32 heavy (non-hydrogen) atoms. The summed E-state index contributed by atoms with van der Waals surface area (Å²) in [5.74, 6) is -0.276. The van der Waals surface area contributed by atoms with Gasteiger partial charge in [-0.15, -0.1) is 0 Å². The number of nitrogens with one attached hydrogen (secondary N) is 1. The summed E-state index contributed by atoms with van der Waals surface area (Å²) < 4.78 is 6.46. The number of carbonyl (C=O) groups is 1. The number of fused-ring (bicyclic) bond motifs is 1. The van der Waals surface area contributed by atoms with E-state index in [0.29, 0.717) is 13.0 Å². The fourth-order valence-corrected chi connectivity index (χ4v) is 4.42. The standard InChI is InChI=1S/C23H33N5O4/c1-4-12-28-21(24)20(22(30)25-23(28)31)27(13-14-32-3)19(29)15-26(2)18-11-7-9-16-8-5-6-10-17(16)18/h5-6,8,10,18H,4,7,9,11-15,24H2,1-3H3,(H,25,30,31)/t18-/m0/s1. The number of H-pyrrole nitrogens is 1. The Hall–Kier alpha value is -2.91. The number of likely N-dealkylation sites (N-methyl/N-ethyl adjacent to an activating group) is 1. The van der Waals surface area contributed by atoms with Gasteiger partial charge in [-0.2, -0.15) is 0 Å². The Morgan fingerprint density at radius 1 is 1.31 bits per heavy atom. The second-order valence-electron chi connectivity index (χ2n) is 8.20. The third kappa shape index (κ3) is 4.94. The van der Waals surface area contributed by atoms with Crippen molar-refractivity contribution in [2.24, 2.45) is 0 Å². The van der Waals surface area contributed by atoms with E-state index in [2.05, 4.69) is 17.1 Å². The molecule has 1 aromatic heterocycles. The average Bonchev–Trinajstić information content (AvgIpc) is 2.78. The number of nitrogens with two attached hydrogens (primary N) is 1. The number of hydrogen-bond donors (Lipinski definition) is 2. The minimum Gasteiger partial charge on any atom is -0.383 e. The van der Waals surface area contributed by atoms with Gasteiger partial charge in [0, 0.05) is 26.2 Å². The van der Waals surface area contributed by atoms with E-state index in [1.807, 2.05) is 31.0 Å². The van der Waals surface area contributed by atoms with E-state index in [1.54, 1.807) is 0 Å². The summed E-state index contributed by atoms with van der Waals surface area (Å²) >= 11 is 0. The molecule has 1 aliphatic rings. The van der Waals surface area contributed by atoms with Gasteiger partial charge < -0.3 is 15.4 Å². The molecule has 0 saturated carbocycles. The van der Waals surface area contributed by atoms with Gasteiger partial charge in [-0.25, -0.2) is 4.79 Å². The molecule has 0 fully saturated rings. The maximum atomic E-state index is 13.4. The lowest BCUT2D eigenvalue weighted by atomic mass is 9.87. The Morgan fingerprint density at radius 2 is 2.06 bits per heavy atom. The largest absolute Gasteiger partial charge is 0.383 e. The SMILES string of the molecule is CCCn1c(N)c(N(CCOC)C(=O)CN(C)[C@H]2CCCc3ccccc32)c(=O)[nH]c1=O. The van der Waals surface area contributed by atoms with Crippen molar-refractivity contribution >= 4 is 17.4 Å². The molecule has 0 saturated heterocycles. The molecule has 1 heterocycles. The number of aromatic amines is 1. The highest BCUT2D eigenvalue weighted by Crippen LogP contribution is 2.33. The molecule has 9 heteroatoms. The summed E-state index contributed by atoms with van der Waals surface area (Å²) in [6, 6.07) is 8.44. The van der Waals surface area contributed by atoms with Crippen molar-refractivity contribution in [3.63, 3.8) is 0 Å². The first kappa shape index (κ1) is 23.7. The summed E-state index contributed by atoms with van der Waals surface area (Å²) in [5.41, 5.74) is 7.52. The Balaban J connectivity index is 1.91. The number of amides is 1. The van der Waals surface area contributed by atoms with Crippen molar-refractivity contribution < 1.29 is 9.53 Å². The Kier molecular flexibility index (Phi) is 7.87. The molecule has 1 aromatic carbocycles. The second kappa shape index (κ2) is 10.6. The van der Waals surface area contributed by atoms with Gasteiger partial charge in [0.2, 0.25) is 5.91 Å². The van der Waals surface area contributed by atoms with Crippen LogP contribution in [0, 0.1) is 0 Å². The van der Waals surface area contributed by atoms with Gasteiger partial charge in [0.25, 0.3) is 5.56 Å². The Labute approximate surface area is 187 Å². The highest BCUT2D eigenvalue weighted by atomic mass is 16.5. The highest BCUT2D eigenvalue weighted by molar-refractivity contribution is 5.96. The molecular formula is C23H33N5O4. The van der Waals surface area contributed by atoms with Crippen LogP contribution < -0.4 is 21.9 Å². The third-order valence-electron chi connectivity index (χ3n) is 6.01. The number of rotatable bonds is 9. The minimum absolute atomic E-state index is 0.00227. The number of aromatic nitrogens is 2. The molecule has 3 N–H and O–H groups in total.